The molecule has 0 aromatic carbocycles. The molecule has 2 atom stereocenters. The molecule has 0 radical (unpaired) electrons. The van der Waals surface area contributed by atoms with Gasteiger partial charge in [0.25, 0.3) is 5.88 Å². The van der Waals surface area contributed by atoms with Crippen molar-refractivity contribution >= 4 is 0 Å². The third-order valence-electron chi connectivity index (χ3n) is 5.44. The van der Waals surface area contributed by atoms with Crippen molar-refractivity contribution in [3.8, 4) is 11.6 Å². The monoisotopic (exact) mass is 371 g/mol. The van der Waals surface area contributed by atoms with E-state index < -0.39 is 0 Å². The van der Waals surface area contributed by atoms with Crippen LogP contribution in [0.3, 0.4) is 0 Å². The highest BCUT2D eigenvalue weighted by atomic mass is 19.1. The summed E-state index contributed by atoms with van der Waals surface area (Å²) < 4.78 is 25.5. The molecule has 5 nitrogen and oxygen atoms in total. The second-order valence-corrected chi connectivity index (χ2v) is 7.64. The summed E-state index contributed by atoms with van der Waals surface area (Å²) >= 11 is 0. The fraction of sp³-hybridized carbons (Fsp3) is 0.524. The number of halogens is 1. The van der Waals surface area contributed by atoms with Gasteiger partial charge in [-0.2, -0.15) is 0 Å². The van der Waals surface area contributed by atoms with Crippen molar-refractivity contribution in [2.75, 3.05) is 26.3 Å². The van der Waals surface area contributed by atoms with Crippen LogP contribution in [0.2, 0.25) is 0 Å². The molecule has 1 saturated heterocycles. The van der Waals surface area contributed by atoms with Crippen LogP contribution in [0.25, 0.3) is 0 Å². The van der Waals surface area contributed by atoms with Crippen LogP contribution < -0.4 is 9.47 Å². The SMILES string of the molecule is Cc1cc(C[C@@H]2CCN([C@H](C)c3nc4c(cc3F)OCCO4)C2)cc(C)n1. The Kier molecular flexibility index (Phi) is 5.00. The summed E-state index contributed by atoms with van der Waals surface area (Å²) in [6.07, 6.45) is 2.14. The number of hydrogen-bond donors (Lipinski definition) is 0. The van der Waals surface area contributed by atoms with Gasteiger partial charge >= 0.3 is 0 Å². The fourth-order valence-corrected chi connectivity index (χ4v) is 4.18. The molecule has 2 aromatic rings. The minimum absolute atomic E-state index is 0.0910. The minimum atomic E-state index is -0.324. The zero-order chi connectivity index (χ0) is 19.0. The molecule has 0 saturated carbocycles. The van der Waals surface area contributed by atoms with Gasteiger partial charge in [-0.3, -0.25) is 9.88 Å². The molecule has 0 amide bonds. The molecule has 6 heteroatoms. The molecule has 4 heterocycles. The third kappa shape index (κ3) is 3.90. The number of hydrogen-bond acceptors (Lipinski definition) is 5. The molecule has 2 aliphatic rings. The number of aryl methyl sites for hydroxylation is 2. The van der Waals surface area contributed by atoms with Gasteiger partial charge in [-0.15, -0.1) is 0 Å². The average molecular weight is 371 g/mol. The van der Waals surface area contributed by atoms with E-state index in [1.54, 1.807) is 0 Å². The van der Waals surface area contributed by atoms with Gasteiger partial charge < -0.3 is 9.47 Å². The number of likely N-dealkylation sites (tertiary alicyclic amines) is 1. The first kappa shape index (κ1) is 18.2. The highest BCUT2D eigenvalue weighted by Crippen LogP contribution is 2.35. The second kappa shape index (κ2) is 7.43. The number of rotatable bonds is 4. The van der Waals surface area contributed by atoms with Gasteiger partial charge in [0.05, 0.1) is 11.7 Å². The maximum atomic E-state index is 14.6. The van der Waals surface area contributed by atoms with E-state index in [2.05, 4.69) is 27.0 Å². The van der Waals surface area contributed by atoms with Crippen LogP contribution in [0.15, 0.2) is 18.2 Å². The molecule has 0 unspecified atom stereocenters. The van der Waals surface area contributed by atoms with Crippen LogP contribution in [0.5, 0.6) is 11.6 Å². The van der Waals surface area contributed by atoms with Crippen molar-refractivity contribution in [3.05, 3.63) is 46.7 Å². The molecule has 2 aliphatic heterocycles. The molecular weight excluding hydrogens is 345 g/mol. The first-order valence-corrected chi connectivity index (χ1v) is 9.64. The summed E-state index contributed by atoms with van der Waals surface area (Å²) in [5.41, 5.74) is 3.91. The van der Waals surface area contributed by atoms with E-state index in [9.17, 15) is 4.39 Å². The van der Waals surface area contributed by atoms with Gasteiger partial charge in [-0.1, -0.05) is 0 Å². The molecule has 27 heavy (non-hydrogen) atoms. The first-order valence-electron chi connectivity index (χ1n) is 9.64. The topological polar surface area (TPSA) is 47.5 Å². The van der Waals surface area contributed by atoms with E-state index in [4.69, 9.17) is 9.47 Å². The van der Waals surface area contributed by atoms with E-state index >= 15 is 0 Å². The summed E-state index contributed by atoms with van der Waals surface area (Å²) in [6, 6.07) is 5.65. The van der Waals surface area contributed by atoms with E-state index in [1.807, 2.05) is 20.8 Å². The molecular formula is C21H26FN3O2. The van der Waals surface area contributed by atoms with E-state index in [-0.39, 0.29) is 11.9 Å². The largest absolute Gasteiger partial charge is 0.484 e. The lowest BCUT2D eigenvalue weighted by Gasteiger charge is -2.26. The van der Waals surface area contributed by atoms with E-state index in [0.717, 1.165) is 37.3 Å². The predicted octanol–water partition coefficient (Wildman–Crippen LogP) is 3.63. The average Bonchev–Trinajstić information content (AvgIpc) is 3.08. The van der Waals surface area contributed by atoms with Crippen molar-refractivity contribution in [1.82, 2.24) is 14.9 Å². The zero-order valence-electron chi connectivity index (χ0n) is 16.2. The number of ether oxygens (including phenoxy) is 2. The van der Waals surface area contributed by atoms with Crippen molar-refractivity contribution in [2.24, 2.45) is 5.92 Å². The number of fused-ring (bicyclic) bond motifs is 1. The molecule has 0 bridgehead atoms. The number of nitrogens with zero attached hydrogens (tertiary/aromatic N) is 3. The maximum absolute atomic E-state index is 14.6. The fourth-order valence-electron chi connectivity index (χ4n) is 4.18. The van der Waals surface area contributed by atoms with Crippen LogP contribution >= 0.6 is 0 Å². The lowest BCUT2D eigenvalue weighted by atomic mass is 9.98. The Bertz CT molecular complexity index is 822. The van der Waals surface area contributed by atoms with Gasteiger partial charge in [0, 0.05) is 24.0 Å². The predicted molar refractivity (Wildman–Crippen MR) is 101 cm³/mol. The van der Waals surface area contributed by atoms with Gasteiger partial charge in [0.15, 0.2) is 5.75 Å². The quantitative estimate of drug-likeness (QED) is 0.821. The Hall–Kier alpha value is -2.21. The second-order valence-electron chi connectivity index (χ2n) is 7.64. The Balaban J connectivity index is 1.45. The highest BCUT2D eigenvalue weighted by Gasteiger charge is 2.30. The molecule has 0 aliphatic carbocycles. The van der Waals surface area contributed by atoms with Gasteiger partial charge in [-0.05, 0) is 63.8 Å². The van der Waals surface area contributed by atoms with Crippen LogP contribution in [-0.2, 0) is 6.42 Å². The molecule has 144 valence electrons. The first-order chi connectivity index (χ1) is 13.0. The number of aromatic nitrogens is 2. The Morgan fingerprint density at radius 3 is 2.67 bits per heavy atom. The standard InChI is InChI=1S/C21H26FN3O2/c1-13-8-17(9-14(2)23-13)10-16-4-5-25(12-16)15(3)20-18(22)11-19-21(24-20)27-7-6-26-19/h8-9,11,15-16H,4-7,10,12H2,1-3H3/t15-,16+/m1/s1. The van der Waals surface area contributed by atoms with Crippen LogP contribution in [0.1, 0.15) is 42.0 Å². The molecule has 4 rings (SSSR count). The van der Waals surface area contributed by atoms with E-state index in [0.29, 0.717) is 36.5 Å². The highest BCUT2D eigenvalue weighted by molar-refractivity contribution is 5.37. The van der Waals surface area contributed by atoms with E-state index in [1.165, 1.54) is 11.6 Å². The summed E-state index contributed by atoms with van der Waals surface area (Å²) in [6.45, 7) is 8.87. The van der Waals surface area contributed by atoms with Crippen LogP contribution in [0, 0.1) is 25.6 Å². The van der Waals surface area contributed by atoms with Crippen molar-refractivity contribution < 1.29 is 13.9 Å². The van der Waals surface area contributed by atoms with Crippen molar-refractivity contribution in [1.29, 1.82) is 0 Å². The maximum Gasteiger partial charge on any atom is 0.257 e. The normalized spacial score (nSPS) is 20.7. The Labute approximate surface area is 159 Å². The summed E-state index contributed by atoms with van der Waals surface area (Å²) in [7, 11) is 0. The molecule has 1 fully saturated rings. The molecule has 2 aromatic heterocycles. The third-order valence-corrected chi connectivity index (χ3v) is 5.44. The molecule has 0 N–H and O–H groups in total. The lowest BCUT2D eigenvalue weighted by Crippen LogP contribution is -2.27. The van der Waals surface area contributed by atoms with Crippen LogP contribution in [0.4, 0.5) is 4.39 Å². The van der Waals surface area contributed by atoms with Crippen LogP contribution in [-0.4, -0.2) is 41.2 Å². The van der Waals surface area contributed by atoms with Crippen molar-refractivity contribution in [2.45, 2.75) is 39.7 Å². The Morgan fingerprint density at radius 2 is 1.89 bits per heavy atom. The minimum Gasteiger partial charge on any atom is -0.484 e. The van der Waals surface area contributed by atoms with Gasteiger partial charge in [-0.25, -0.2) is 9.37 Å². The lowest BCUT2D eigenvalue weighted by molar-refractivity contribution is 0.160. The zero-order valence-corrected chi connectivity index (χ0v) is 16.2. The number of pyridine rings is 2. The van der Waals surface area contributed by atoms with Gasteiger partial charge in [0.1, 0.15) is 19.0 Å². The molecule has 0 spiro atoms. The summed E-state index contributed by atoms with van der Waals surface area (Å²) in [5, 5.41) is 0. The summed E-state index contributed by atoms with van der Waals surface area (Å²) in [5.74, 6) is 1.05. The smallest absolute Gasteiger partial charge is 0.257 e. The Morgan fingerprint density at radius 1 is 1.15 bits per heavy atom. The van der Waals surface area contributed by atoms with Crippen molar-refractivity contribution in [3.63, 3.8) is 0 Å². The summed E-state index contributed by atoms with van der Waals surface area (Å²) in [4.78, 5) is 11.2. The van der Waals surface area contributed by atoms with Gasteiger partial charge in [0.2, 0.25) is 0 Å².